The van der Waals surface area contributed by atoms with Crippen molar-refractivity contribution in [2.45, 2.75) is 46.1 Å². The predicted octanol–water partition coefficient (Wildman–Crippen LogP) is 1.74. The molecule has 1 aliphatic rings. The lowest BCUT2D eigenvalue weighted by molar-refractivity contribution is -0.149. The summed E-state index contributed by atoms with van der Waals surface area (Å²) in [7, 11) is 0. The second-order valence-corrected chi connectivity index (χ2v) is 4.85. The molecule has 3 atom stereocenters. The monoisotopic (exact) mass is 227 g/mol. The van der Waals surface area contributed by atoms with Crippen molar-refractivity contribution in [2.24, 2.45) is 11.8 Å². The van der Waals surface area contributed by atoms with Crippen LogP contribution in [-0.2, 0) is 9.59 Å². The Morgan fingerprint density at radius 2 is 2.12 bits per heavy atom. The molecule has 4 nitrogen and oxygen atoms in total. The van der Waals surface area contributed by atoms with Crippen LogP contribution in [0, 0.1) is 11.8 Å². The van der Waals surface area contributed by atoms with E-state index in [1.807, 2.05) is 20.8 Å². The van der Waals surface area contributed by atoms with Gasteiger partial charge in [-0.15, -0.1) is 0 Å². The Bertz CT molecular complexity index is 277. The summed E-state index contributed by atoms with van der Waals surface area (Å²) < 4.78 is 0. The van der Waals surface area contributed by atoms with Crippen molar-refractivity contribution in [1.82, 2.24) is 4.90 Å². The molecular formula is C12H21NO3. The first kappa shape index (κ1) is 13.0. The normalized spacial score (nSPS) is 26.8. The molecule has 1 saturated heterocycles. The highest BCUT2D eigenvalue weighted by atomic mass is 16.4. The SMILES string of the molecule is CCC(C)CC(=O)N1CCC(C)C1C(=O)O. The summed E-state index contributed by atoms with van der Waals surface area (Å²) in [5, 5.41) is 9.10. The number of likely N-dealkylation sites (tertiary alicyclic amines) is 1. The van der Waals surface area contributed by atoms with Crippen molar-refractivity contribution >= 4 is 11.9 Å². The molecule has 0 spiro atoms. The summed E-state index contributed by atoms with van der Waals surface area (Å²) in [6.45, 7) is 6.55. The molecule has 1 amide bonds. The molecule has 3 unspecified atom stereocenters. The summed E-state index contributed by atoms with van der Waals surface area (Å²) in [4.78, 5) is 24.6. The Kier molecular flexibility index (Phi) is 4.33. The lowest BCUT2D eigenvalue weighted by Gasteiger charge is -2.24. The highest BCUT2D eigenvalue weighted by molar-refractivity contribution is 5.84. The van der Waals surface area contributed by atoms with Gasteiger partial charge in [-0.3, -0.25) is 4.79 Å². The van der Waals surface area contributed by atoms with Gasteiger partial charge in [-0.2, -0.15) is 0 Å². The number of nitrogens with zero attached hydrogens (tertiary/aromatic N) is 1. The van der Waals surface area contributed by atoms with Crippen LogP contribution in [0.15, 0.2) is 0 Å². The van der Waals surface area contributed by atoms with Gasteiger partial charge in [-0.1, -0.05) is 27.2 Å². The van der Waals surface area contributed by atoms with Gasteiger partial charge < -0.3 is 10.0 Å². The average Bonchev–Trinajstić information content (AvgIpc) is 2.59. The third-order valence-corrected chi connectivity index (χ3v) is 3.49. The predicted molar refractivity (Wildman–Crippen MR) is 61.0 cm³/mol. The molecular weight excluding hydrogens is 206 g/mol. The van der Waals surface area contributed by atoms with Gasteiger partial charge in [0.15, 0.2) is 0 Å². The van der Waals surface area contributed by atoms with Crippen LogP contribution in [0.5, 0.6) is 0 Å². The smallest absolute Gasteiger partial charge is 0.326 e. The van der Waals surface area contributed by atoms with Crippen LogP contribution in [0.25, 0.3) is 0 Å². The summed E-state index contributed by atoms with van der Waals surface area (Å²) in [5.74, 6) is -0.482. The molecule has 16 heavy (non-hydrogen) atoms. The number of hydrogen-bond donors (Lipinski definition) is 1. The molecule has 1 rings (SSSR count). The minimum absolute atomic E-state index is 0.00824. The van der Waals surface area contributed by atoms with Gasteiger partial charge in [-0.05, 0) is 18.3 Å². The van der Waals surface area contributed by atoms with E-state index in [1.165, 1.54) is 0 Å². The van der Waals surface area contributed by atoms with Gasteiger partial charge in [0.25, 0.3) is 0 Å². The molecule has 0 aromatic heterocycles. The molecule has 0 bridgehead atoms. The van der Waals surface area contributed by atoms with Crippen LogP contribution >= 0.6 is 0 Å². The van der Waals surface area contributed by atoms with Gasteiger partial charge in [0.05, 0.1) is 0 Å². The number of carbonyl (C=O) groups is 2. The lowest BCUT2D eigenvalue weighted by atomic mass is 10.0. The van der Waals surface area contributed by atoms with Crippen molar-refractivity contribution in [2.75, 3.05) is 6.54 Å². The van der Waals surface area contributed by atoms with Crippen LogP contribution in [0.1, 0.15) is 40.0 Å². The van der Waals surface area contributed by atoms with E-state index in [2.05, 4.69) is 0 Å². The fourth-order valence-corrected chi connectivity index (χ4v) is 2.16. The highest BCUT2D eigenvalue weighted by Crippen LogP contribution is 2.25. The maximum absolute atomic E-state index is 11.9. The van der Waals surface area contributed by atoms with Gasteiger partial charge in [-0.25, -0.2) is 4.79 Å². The number of carboxylic acid groups (broad SMARTS) is 1. The van der Waals surface area contributed by atoms with Crippen molar-refractivity contribution in [3.63, 3.8) is 0 Å². The largest absolute Gasteiger partial charge is 0.480 e. The minimum atomic E-state index is -0.873. The Balaban J connectivity index is 2.65. The number of amides is 1. The van der Waals surface area contributed by atoms with Crippen molar-refractivity contribution in [1.29, 1.82) is 0 Å². The molecule has 0 aromatic rings. The van der Waals surface area contributed by atoms with Crippen molar-refractivity contribution in [3.05, 3.63) is 0 Å². The number of hydrogen-bond acceptors (Lipinski definition) is 2. The zero-order chi connectivity index (χ0) is 12.3. The van der Waals surface area contributed by atoms with E-state index in [1.54, 1.807) is 4.90 Å². The number of rotatable bonds is 4. The zero-order valence-electron chi connectivity index (χ0n) is 10.3. The second kappa shape index (κ2) is 5.32. The van der Waals surface area contributed by atoms with Gasteiger partial charge in [0, 0.05) is 13.0 Å². The summed E-state index contributed by atoms with van der Waals surface area (Å²) in [5.41, 5.74) is 0. The first-order valence-electron chi connectivity index (χ1n) is 5.99. The van der Waals surface area contributed by atoms with E-state index in [-0.39, 0.29) is 11.8 Å². The Labute approximate surface area is 96.6 Å². The van der Waals surface area contributed by atoms with Gasteiger partial charge in [0.1, 0.15) is 6.04 Å². The van der Waals surface area contributed by atoms with Gasteiger partial charge in [0.2, 0.25) is 5.91 Å². The third kappa shape index (κ3) is 2.74. The maximum Gasteiger partial charge on any atom is 0.326 e. The quantitative estimate of drug-likeness (QED) is 0.796. The molecule has 1 fully saturated rings. The van der Waals surface area contributed by atoms with E-state index in [4.69, 9.17) is 5.11 Å². The Morgan fingerprint density at radius 3 is 2.62 bits per heavy atom. The fraction of sp³-hybridized carbons (Fsp3) is 0.833. The van der Waals surface area contributed by atoms with E-state index >= 15 is 0 Å². The molecule has 1 aliphatic heterocycles. The zero-order valence-corrected chi connectivity index (χ0v) is 10.3. The number of aliphatic carboxylic acids is 1. The average molecular weight is 227 g/mol. The molecule has 4 heteroatoms. The van der Waals surface area contributed by atoms with Crippen LogP contribution in [-0.4, -0.2) is 34.5 Å². The summed E-state index contributed by atoms with van der Waals surface area (Å²) in [6, 6.07) is -0.614. The lowest BCUT2D eigenvalue weighted by Crippen LogP contribution is -2.43. The van der Waals surface area contributed by atoms with Crippen LogP contribution in [0.3, 0.4) is 0 Å². The highest BCUT2D eigenvalue weighted by Gasteiger charge is 2.39. The summed E-state index contributed by atoms with van der Waals surface area (Å²) >= 11 is 0. The van der Waals surface area contributed by atoms with Crippen LogP contribution in [0.2, 0.25) is 0 Å². The van der Waals surface area contributed by atoms with Crippen LogP contribution in [0.4, 0.5) is 0 Å². The Morgan fingerprint density at radius 1 is 1.50 bits per heavy atom. The maximum atomic E-state index is 11.9. The molecule has 1 heterocycles. The molecule has 0 saturated carbocycles. The molecule has 0 radical (unpaired) electrons. The topological polar surface area (TPSA) is 57.6 Å². The third-order valence-electron chi connectivity index (χ3n) is 3.49. The number of carbonyl (C=O) groups excluding carboxylic acids is 1. The fourth-order valence-electron chi connectivity index (χ4n) is 2.16. The summed E-state index contributed by atoms with van der Waals surface area (Å²) in [6.07, 6.45) is 2.21. The van der Waals surface area contributed by atoms with E-state index in [0.29, 0.717) is 18.9 Å². The second-order valence-electron chi connectivity index (χ2n) is 4.85. The molecule has 1 N–H and O–H groups in total. The van der Waals surface area contributed by atoms with Crippen molar-refractivity contribution < 1.29 is 14.7 Å². The molecule has 0 aromatic carbocycles. The standard InChI is InChI=1S/C12H21NO3/c1-4-8(2)7-10(14)13-6-5-9(3)11(13)12(15)16/h8-9,11H,4-7H2,1-3H3,(H,15,16). The van der Waals surface area contributed by atoms with Crippen LogP contribution < -0.4 is 0 Å². The van der Waals surface area contributed by atoms with E-state index in [0.717, 1.165) is 12.8 Å². The van der Waals surface area contributed by atoms with E-state index < -0.39 is 12.0 Å². The first-order chi connectivity index (χ1) is 7.47. The van der Waals surface area contributed by atoms with E-state index in [9.17, 15) is 9.59 Å². The molecule has 92 valence electrons. The molecule has 0 aliphatic carbocycles. The van der Waals surface area contributed by atoms with Gasteiger partial charge >= 0.3 is 5.97 Å². The number of carboxylic acids is 1. The van der Waals surface area contributed by atoms with Crippen molar-refractivity contribution in [3.8, 4) is 0 Å². The minimum Gasteiger partial charge on any atom is -0.480 e. The Hall–Kier alpha value is -1.06. The first-order valence-corrected chi connectivity index (χ1v) is 5.99.